The summed E-state index contributed by atoms with van der Waals surface area (Å²) in [5.74, 6) is 1.39. The molecule has 5 nitrogen and oxygen atoms in total. The van der Waals surface area contributed by atoms with Gasteiger partial charge < -0.3 is 15.2 Å². The minimum Gasteiger partial charge on any atom is -0.351 e. The van der Waals surface area contributed by atoms with Gasteiger partial charge in [-0.1, -0.05) is 51.3 Å². The highest BCUT2D eigenvalue weighted by atomic mass is 16.2. The van der Waals surface area contributed by atoms with E-state index in [0.717, 1.165) is 43.1 Å². The first-order valence-corrected chi connectivity index (χ1v) is 11.6. The number of carbonyl (C=O) groups is 2. The van der Waals surface area contributed by atoms with Crippen LogP contribution in [0.25, 0.3) is 10.9 Å². The van der Waals surface area contributed by atoms with Gasteiger partial charge in [0.2, 0.25) is 5.91 Å². The largest absolute Gasteiger partial charge is 0.351 e. The second kappa shape index (κ2) is 7.14. The molecule has 1 aliphatic heterocycles. The molecule has 4 atom stereocenters. The number of hydrogen-bond acceptors (Lipinski definition) is 2. The van der Waals surface area contributed by atoms with Gasteiger partial charge in [-0.15, -0.1) is 0 Å². The maximum Gasteiger partial charge on any atom is 0.268 e. The maximum absolute atomic E-state index is 13.7. The molecule has 3 aliphatic rings. The first-order valence-electron chi connectivity index (χ1n) is 11.6. The molecule has 3 fully saturated rings. The predicted molar refractivity (Wildman–Crippen MR) is 118 cm³/mol. The molecule has 30 heavy (non-hydrogen) atoms. The van der Waals surface area contributed by atoms with Crippen LogP contribution in [0.15, 0.2) is 30.3 Å². The van der Waals surface area contributed by atoms with Gasteiger partial charge in [-0.05, 0) is 55.1 Å². The quantitative estimate of drug-likeness (QED) is 0.791. The Labute approximate surface area is 178 Å². The van der Waals surface area contributed by atoms with E-state index >= 15 is 0 Å². The molecular formula is C25H33N3O2. The zero-order chi connectivity index (χ0) is 21.0. The number of piperidine rings is 1. The third-order valence-electron chi connectivity index (χ3n) is 8.28. The summed E-state index contributed by atoms with van der Waals surface area (Å²) in [6.45, 7) is 7.66. The van der Waals surface area contributed by atoms with Crippen molar-refractivity contribution >= 4 is 22.7 Å². The average molecular weight is 408 g/mol. The molecule has 2 N–H and O–H groups in total. The summed E-state index contributed by atoms with van der Waals surface area (Å²) in [6, 6.07) is 9.59. The van der Waals surface area contributed by atoms with Gasteiger partial charge in [-0.25, -0.2) is 0 Å². The highest BCUT2D eigenvalue weighted by Gasteiger charge is 2.66. The molecule has 2 aromatic rings. The normalized spacial score (nSPS) is 28.9. The van der Waals surface area contributed by atoms with Crippen molar-refractivity contribution in [3.05, 3.63) is 36.0 Å². The number of H-pyrrole nitrogens is 1. The molecule has 1 aromatic carbocycles. The number of likely N-dealkylation sites (tertiary alicyclic amines) is 1. The minimum atomic E-state index is -0.424. The lowest BCUT2D eigenvalue weighted by Gasteiger charge is -2.36. The van der Waals surface area contributed by atoms with Crippen molar-refractivity contribution in [3.63, 3.8) is 0 Å². The Morgan fingerprint density at radius 2 is 1.90 bits per heavy atom. The summed E-state index contributed by atoms with van der Waals surface area (Å²) < 4.78 is 0. The minimum absolute atomic E-state index is 0.127. The van der Waals surface area contributed by atoms with Crippen molar-refractivity contribution in [1.29, 1.82) is 0 Å². The van der Waals surface area contributed by atoms with E-state index in [4.69, 9.17) is 0 Å². The van der Waals surface area contributed by atoms with Crippen molar-refractivity contribution in [1.82, 2.24) is 15.2 Å². The van der Waals surface area contributed by atoms with Gasteiger partial charge in [-0.2, -0.15) is 0 Å². The van der Waals surface area contributed by atoms with Crippen LogP contribution in [0.2, 0.25) is 0 Å². The molecule has 1 unspecified atom stereocenters. The number of amides is 2. The Balaban J connectivity index is 1.36. The van der Waals surface area contributed by atoms with Gasteiger partial charge in [0.1, 0.15) is 11.7 Å². The molecule has 0 spiro atoms. The molecular weight excluding hydrogens is 374 g/mol. The Bertz CT molecular complexity index is 939. The molecule has 1 aromatic heterocycles. The molecule has 160 valence electrons. The fourth-order valence-electron chi connectivity index (χ4n) is 6.40. The molecule has 2 saturated carbocycles. The lowest BCUT2D eigenvalue weighted by atomic mass is 9.83. The molecule has 2 amide bonds. The third kappa shape index (κ3) is 3.14. The third-order valence-corrected chi connectivity index (χ3v) is 8.28. The van der Waals surface area contributed by atoms with E-state index in [2.05, 4.69) is 36.0 Å². The van der Waals surface area contributed by atoms with Crippen LogP contribution < -0.4 is 5.32 Å². The lowest BCUT2D eigenvalue weighted by Crippen LogP contribution is -2.54. The first-order chi connectivity index (χ1) is 14.4. The van der Waals surface area contributed by atoms with E-state index in [0.29, 0.717) is 22.9 Å². The monoisotopic (exact) mass is 407 g/mol. The fraction of sp³-hybridized carbons (Fsp3) is 0.600. The van der Waals surface area contributed by atoms with Crippen LogP contribution >= 0.6 is 0 Å². The SMILES string of the molecule is C[C@@H]1[C@@H]2[C@H](CN1C(=O)C(NC(=O)c1cc3ccccc3[nH]1)C1CCCCC1)C2(C)C. The number of benzene rings is 1. The Kier molecular flexibility index (Phi) is 4.68. The lowest BCUT2D eigenvalue weighted by molar-refractivity contribution is -0.136. The molecule has 0 radical (unpaired) electrons. The molecule has 5 heteroatoms. The van der Waals surface area contributed by atoms with Gasteiger partial charge in [-0.3, -0.25) is 9.59 Å². The number of nitrogens with one attached hydrogen (secondary N) is 2. The Hall–Kier alpha value is -2.30. The summed E-state index contributed by atoms with van der Waals surface area (Å²) in [7, 11) is 0. The smallest absolute Gasteiger partial charge is 0.268 e. The summed E-state index contributed by atoms with van der Waals surface area (Å²) >= 11 is 0. The van der Waals surface area contributed by atoms with Gasteiger partial charge in [0.25, 0.3) is 5.91 Å². The van der Waals surface area contributed by atoms with E-state index in [1.165, 1.54) is 6.42 Å². The van der Waals surface area contributed by atoms with E-state index in [-0.39, 0.29) is 23.8 Å². The second-order valence-electron chi connectivity index (χ2n) is 10.3. The van der Waals surface area contributed by atoms with Crippen LogP contribution in [-0.4, -0.2) is 40.3 Å². The molecule has 2 aliphatic carbocycles. The molecule has 2 heterocycles. The Morgan fingerprint density at radius 3 is 2.57 bits per heavy atom. The summed E-state index contributed by atoms with van der Waals surface area (Å²) in [5.41, 5.74) is 1.83. The predicted octanol–water partition coefficient (Wildman–Crippen LogP) is 4.35. The number of aromatic nitrogens is 1. The number of hydrogen-bond donors (Lipinski definition) is 2. The molecule has 5 rings (SSSR count). The summed E-state index contributed by atoms with van der Waals surface area (Å²) in [6.07, 6.45) is 5.55. The van der Waals surface area contributed by atoms with Gasteiger partial charge in [0.15, 0.2) is 0 Å². The standard InChI is InChI=1S/C25H33N3O2/c1-15-21-18(25(21,2)3)14-28(15)24(30)22(16-9-5-4-6-10-16)27-23(29)20-13-17-11-7-8-12-19(17)26-20/h7-8,11-13,15-16,18,21-22,26H,4-6,9-10,14H2,1-3H3,(H,27,29)/t15-,18+,21-,22?/m1/s1. The highest BCUT2D eigenvalue weighted by Crippen LogP contribution is 2.64. The fourth-order valence-corrected chi connectivity index (χ4v) is 6.40. The van der Waals surface area contributed by atoms with Gasteiger partial charge >= 0.3 is 0 Å². The number of aromatic amines is 1. The molecule has 1 saturated heterocycles. The summed E-state index contributed by atoms with van der Waals surface area (Å²) in [5, 5.41) is 4.16. The Morgan fingerprint density at radius 1 is 1.17 bits per heavy atom. The van der Waals surface area contributed by atoms with Crippen molar-refractivity contribution in [2.45, 2.75) is 65.0 Å². The van der Waals surface area contributed by atoms with Gasteiger partial charge in [0, 0.05) is 23.5 Å². The zero-order valence-electron chi connectivity index (χ0n) is 18.3. The van der Waals surface area contributed by atoms with Crippen LogP contribution in [0.5, 0.6) is 0 Å². The van der Waals surface area contributed by atoms with Gasteiger partial charge in [0.05, 0.1) is 0 Å². The number of nitrogens with zero attached hydrogens (tertiary/aromatic N) is 1. The van der Waals surface area contributed by atoms with Crippen molar-refractivity contribution in [3.8, 4) is 0 Å². The highest BCUT2D eigenvalue weighted by molar-refractivity contribution is 6.00. The number of para-hydroxylation sites is 1. The van der Waals surface area contributed by atoms with Crippen molar-refractivity contribution in [2.75, 3.05) is 6.54 Å². The van der Waals surface area contributed by atoms with Crippen molar-refractivity contribution < 1.29 is 9.59 Å². The second-order valence-corrected chi connectivity index (χ2v) is 10.3. The van der Waals surface area contributed by atoms with Crippen LogP contribution in [0.1, 0.15) is 63.4 Å². The van der Waals surface area contributed by atoms with Crippen LogP contribution in [0, 0.1) is 23.2 Å². The first kappa shape index (κ1) is 19.7. The number of rotatable bonds is 4. The number of fused-ring (bicyclic) bond motifs is 2. The molecule has 0 bridgehead atoms. The average Bonchev–Trinajstić information content (AvgIpc) is 3.09. The van der Waals surface area contributed by atoms with Crippen LogP contribution in [0.4, 0.5) is 0 Å². The number of carbonyl (C=O) groups excluding carboxylic acids is 2. The van der Waals surface area contributed by atoms with Crippen LogP contribution in [0.3, 0.4) is 0 Å². The maximum atomic E-state index is 13.7. The van der Waals surface area contributed by atoms with Crippen molar-refractivity contribution in [2.24, 2.45) is 23.2 Å². The topological polar surface area (TPSA) is 65.2 Å². The van der Waals surface area contributed by atoms with E-state index < -0.39 is 6.04 Å². The van der Waals surface area contributed by atoms with E-state index in [1.807, 2.05) is 30.3 Å². The summed E-state index contributed by atoms with van der Waals surface area (Å²) in [4.78, 5) is 32.1. The van der Waals surface area contributed by atoms with E-state index in [1.54, 1.807) is 0 Å². The van der Waals surface area contributed by atoms with Crippen LogP contribution in [-0.2, 0) is 4.79 Å². The zero-order valence-corrected chi connectivity index (χ0v) is 18.3. The van der Waals surface area contributed by atoms with E-state index in [9.17, 15) is 9.59 Å².